The monoisotopic (exact) mass is 351 g/mol. The van der Waals surface area contributed by atoms with Gasteiger partial charge in [-0.15, -0.1) is 0 Å². The highest BCUT2D eigenvalue weighted by atomic mass is 35.5. The minimum absolute atomic E-state index is 0.189. The highest BCUT2D eigenvalue weighted by molar-refractivity contribution is 7.99. The van der Waals surface area contributed by atoms with E-state index in [2.05, 4.69) is 51.0 Å². The molecule has 1 aromatic carbocycles. The average Bonchev–Trinajstić information content (AvgIpc) is 2.37. The molecule has 1 aromatic heterocycles. The van der Waals surface area contributed by atoms with Crippen molar-refractivity contribution in [3.05, 3.63) is 47.7 Å². The zero-order chi connectivity index (χ0) is 16.4. The van der Waals surface area contributed by atoms with Crippen LogP contribution in [0.25, 0.3) is 0 Å². The van der Waals surface area contributed by atoms with Gasteiger partial charge in [-0.3, -0.25) is 0 Å². The van der Waals surface area contributed by atoms with E-state index in [0.29, 0.717) is 5.15 Å². The molecule has 2 aromatic rings. The molecule has 0 atom stereocenters. The summed E-state index contributed by atoms with van der Waals surface area (Å²) in [6.45, 7) is 11.3. The summed E-state index contributed by atoms with van der Waals surface area (Å²) < 4.78 is 6.36. The van der Waals surface area contributed by atoms with Crippen molar-refractivity contribution >= 4 is 31.7 Å². The molecule has 0 amide bonds. The molecule has 22 heavy (non-hydrogen) atoms. The number of nitrogens with zero attached hydrogens (tertiary/aromatic N) is 1. The van der Waals surface area contributed by atoms with Gasteiger partial charge in [0.05, 0.1) is 0 Å². The molecule has 0 unspecified atom stereocenters. The number of hydrogen-bond donors (Lipinski definition) is 0. The van der Waals surface area contributed by atoms with Crippen molar-refractivity contribution in [2.24, 2.45) is 0 Å². The molecule has 1 heterocycles. The Morgan fingerprint density at radius 1 is 1.09 bits per heavy atom. The maximum atomic E-state index is 6.36. The topological polar surface area (TPSA) is 22.1 Å². The third-order valence-corrected chi connectivity index (χ3v) is 9.46. The Hall–Kier alpha value is -0.973. The van der Waals surface area contributed by atoms with E-state index in [1.165, 1.54) is 0 Å². The predicted molar refractivity (Wildman–Crippen MR) is 97.6 cm³/mol. The van der Waals surface area contributed by atoms with Crippen LogP contribution < -0.4 is 4.43 Å². The SMILES string of the molecule is CC(C)(C)[Si](C)(C)Oc1cccc(Sc2ccnc(Cl)c2)c1. The van der Waals surface area contributed by atoms with Crippen LogP contribution in [-0.2, 0) is 0 Å². The molecule has 0 saturated heterocycles. The Morgan fingerprint density at radius 3 is 2.41 bits per heavy atom. The van der Waals surface area contributed by atoms with Crippen molar-refractivity contribution in [1.82, 2.24) is 4.98 Å². The first kappa shape index (κ1) is 17.4. The predicted octanol–water partition coefficient (Wildman–Crippen LogP) is 6.27. The number of benzene rings is 1. The van der Waals surface area contributed by atoms with Gasteiger partial charge in [0.25, 0.3) is 0 Å². The van der Waals surface area contributed by atoms with Gasteiger partial charge in [-0.2, -0.15) is 0 Å². The molecule has 118 valence electrons. The van der Waals surface area contributed by atoms with Crippen LogP contribution in [-0.4, -0.2) is 13.3 Å². The minimum atomic E-state index is -1.81. The summed E-state index contributed by atoms with van der Waals surface area (Å²) in [5.41, 5.74) is 0. The van der Waals surface area contributed by atoms with Gasteiger partial charge in [0.2, 0.25) is 8.32 Å². The van der Waals surface area contributed by atoms with Crippen LogP contribution in [0.5, 0.6) is 5.75 Å². The van der Waals surface area contributed by atoms with Crippen LogP contribution in [0.3, 0.4) is 0 Å². The second-order valence-corrected chi connectivity index (χ2v) is 13.0. The van der Waals surface area contributed by atoms with E-state index in [4.69, 9.17) is 16.0 Å². The van der Waals surface area contributed by atoms with Crippen molar-refractivity contribution in [2.45, 2.75) is 48.7 Å². The molecule has 5 heteroatoms. The normalized spacial score (nSPS) is 12.3. The molecule has 0 spiro atoms. The van der Waals surface area contributed by atoms with Gasteiger partial charge in [-0.05, 0) is 48.5 Å². The fraction of sp³-hybridized carbons (Fsp3) is 0.353. The molecule has 0 aliphatic heterocycles. The van der Waals surface area contributed by atoms with Gasteiger partial charge >= 0.3 is 0 Å². The molecular formula is C17H22ClNOSSi. The minimum Gasteiger partial charge on any atom is -0.543 e. The van der Waals surface area contributed by atoms with E-state index in [-0.39, 0.29) is 5.04 Å². The zero-order valence-corrected chi connectivity index (χ0v) is 16.3. The number of rotatable bonds is 4. The average molecular weight is 352 g/mol. The molecule has 2 nitrogen and oxygen atoms in total. The summed E-state index contributed by atoms with van der Waals surface area (Å²) in [4.78, 5) is 6.22. The molecule has 0 aliphatic carbocycles. The van der Waals surface area contributed by atoms with Gasteiger partial charge in [-0.1, -0.05) is 50.2 Å². The highest BCUT2D eigenvalue weighted by Gasteiger charge is 2.38. The lowest BCUT2D eigenvalue weighted by atomic mass is 10.2. The van der Waals surface area contributed by atoms with Gasteiger partial charge in [0, 0.05) is 16.0 Å². The molecule has 0 fully saturated rings. The summed E-state index contributed by atoms with van der Waals surface area (Å²) in [5, 5.41) is 0.702. The first-order valence-electron chi connectivity index (χ1n) is 7.26. The Bertz CT molecular complexity index is 655. The molecular weight excluding hydrogens is 330 g/mol. The molecule has 2 rings (SSSR count). The van der Waals surface area contributed by atoms with E-state index >= 15 is 0 Å². The lowest BCUT2D eigenvalue weighted by molar-refractivity contribution is 0.491. The van der Waals surface area contributed by atoms with Crippen LogP contribution in [0, 0.1) is 0 Å². The van der Waals surface area contributed by atoms with Crippen molar-refractivity contribution < 1.29 is 4.43 Å². The summed E-state index contributed by atoms with van der Waals surface area (Å²) >= 11 is 7.60. The maximum Gasteiger partial charge on any atom is 0.250 e. The van der Waals surface area contributed by atoms with Gasteiger partial charge in [0.1, 0.15) is 10.9 Å². The lowest BCUT2D eigenvalue weighted by Crippen LogP contribution is -2.43. The summed E-state index contributed by atoms with van der Waals surface area (Å²) in [7, 11) is -1.81. The highest BCUT2D eigenvalue weighted by Crippen LogP contribution is 2.38. The van der Waals surface area contributed by atoms with Crippen LogP contribution in [0.2, 0.25) is 23.3 Å². The smallest absolute Gasteiger partial charge is 0.250 e. The Morgan fingerprint density at radius 2 is 1.77 bits per heavy atom. The number of hydrogen-bond acceptors (Lipinski definition) is 3. The quantitative estimate of drug-likeness (QED) is 0.478. The van der Waals surface area contributed by atoms with Gasteiger partial charge < -0.3 is 4.43 Å². The van der Waals surface area contributed by atoms with Crippen LogP contribution in [0.15, 0.2) is 52.4 Å². The van der Waals surface area contributed by atoms with Crippen LogP contribution >= 0.6 is 23.4 Å². The standard InChI is InChI=1S/C17H22ClNOSSi/c1-17(2,3)22(4,5)20-13-7-6-8-14(11-13)21-15-9-10-19-16(18)12-15/h6-12H,1-5H3. The van der Waals surface area contributed by atoms with E-state index in [9.17, 15) is 0 Å². The van der Waals surface area contributed by atoms with Crippen LogP contribution in [0.1, 0.15) is 20.8 Å². The molecule has 0 N–H and O–H groups in total. The third-order valence-electron chi connectivity index (χ3n) is 3.92. The van der Waals surface area contributed by atoms with Crippen molar-refractivity contribution in [3.8, 4) is 5.75 Å². The van der Waals surface area contributed by atoms with E-state index in [0.717, 1.165) is 15.5 Å². The summed E-state index contributed by atoms with van der Waals surface area (Å²) in [6.07, 6.45) is 1.72. The zero-order valence-electron chi connectivity index (χ0n) is 13.7. The number of aromatic nitrogens is 1. The first-order chi connectivity index (χ1) is 10.2. The second-order valence-electron chi connectivity index (χ2n) is 6.75. The lowest BCUT2D eigenvalue weighted by Gasteiger charge is -2.36. The van der Waals surface area contributed by atoms with Gasteiger partial charge in [0.15, 0.2) is 0 Å². The van der Waals surface area contributed by atoms with Crippen molar-refractivity contribution in [3.63, 3.8) is 0 Å². The first-order valence-corrected chi connectivity index (χ1v) is 11.4. The maximum absolute atomic E-state index is 6.36. The Labute approximate surface area is 143 Å². The van der Waals surface area contributed by atoms with Crippen molar-refractivity contribution in [2.75, 3.05) is 0 Å². The van der Waals surface area contributed by atoms with Gasteiger partial charge in [-0.25, -0.2) is 4.98 Å². The third kappa shape index (κ3) is 4.51. The number of halogens is 1. The fourth-order valence-corrected chi connectivity index (χ4v) is 3.79. The van der Waals surface area contributed by atoms with Crippen LogP contribution in [0.4, 0.5) is 0 Å². The fourth-order valence-electron chi connectivity index (χ4n) is 1.63. The van der Waals surface area contributed by atoms with Crippen molar-refractivity contribution in [1.29, 1.82) is 0 Å². The van der Waals surface area contributed by atoms with E-state index < -0.39 is 8.32 Å². The molecule has 0 saturated carbocycles. The van der Waals surface area contributed by atoms with E-state index in [1.54, 1.807) is 18.0 Å². The molecule has 0 bridgehead atoms. The van der Waals surface area contributed by atoms with E-state index in [1.807, 2.05) is 24.3 Å². The molecule has 0 aliphatic rings. The summed E-state index contributed by atoms with van der Waals surface area (Å²) in [5.74, 6) is 0.941. The largest absolute Gasteiger partial charge is 0.543 e. The summed E-state index contributed by atoms with van der Waals surface area (Å²) in [6, 6.07) is 12.1. The molecule has 0 radical (unpaired) electrons. The second kappa shape index (κ2) is 6.65. The Balaban J connectivity index is 2.17. The Kier molecular flexibility index (Phi) is 5.25. The number of pyridine rings is 1.